The number of hydrogen-bond acceptors (Lipinski definition) is 4. The molecule has 2 aromatic heterocycles. The second kappa shape index (κ2) is 6.06. The first-order chi connectivity index (χ1) is 11.4. The highest BCUT2D eigenvalue weighted by atomic mass is 19.4. The van der Waals surface area contributed by atoms with E-state index in [1.807, 2.05) is 0 Å². The molecule has 1 saturated heterocycles. The summed E-state index contributed by atoms with van der Waals surface area (Å²) in [5.74, 6) is -0.467. The molecule has 1 unspecified atom stereocenters. The van der Waals surface area contributed by atoms with E-state index in [1.165, 1.54) is 17.2 Å². The molecule has 3 rings (SSSR count). The minimum absolute atomic E-state index is 0.0412. The second-order valence-corrected chi connectivity index (χ2v) is 5.40. The Kier molecular flexibility index (Phi) is 4.08. The van der Waals surface area contributed by atoms with Gasteiger partial charge in [0.15, 0.2) is 5.82 Å². The van der Waals surface area contributed by atoms with E-state index in [0.29, 0.717) is 19.4 Å². The molecule has 0 radical (unpaired) electrons. The van der Waals surface area contributed by atoms with E-state index in [0.717, 1.165) is 18.3 Å². The number of amides is 1. The van der Waals surface area contributed by atoms with Crippen molar-refractivity contribution in [3.8, 4) is 0 Å². The zero-order valence-electron chi connectivity index (χ0n) is 12.4. The summed E-state index contributed by atoms with van der Waals surface area (Å²) in [4.78, 5) is 35.2. The molecule has 0 aromatic carbocycles. The first-order valence-electron chi connectivity index (χ1n) is 7.26. The predicted molar refractivity (Wildman–Crippen MR) is 77.1 cm³/mol. The number of nitrogens with one attached hydrogen (secondary N) is 1. The molecule has 24 heavy (non-hydrogen) atoms. The van der Waals surface area contributed by atoms with Gasteiger partial charge in [0.25, 0.3) is 5.91 Å². The van der Waals surface area contributed by atoms with E-state index < -0.39 is 29.4 Å². The van der Waals surface area contributed by atoms with Gasteiger partial charge < -0.3 is 9.88 Å². The fourth-order valence-electron chi connectivity index (χ4n) is 2.71. The number of nitrogens with zero attached hydrogens (tertiary/aromatic N) is 3. The van der Waals surface area contributed by atoms with Crippen LogP contribution in [-0.2, 0) is 6.18 Å². The van der Waals surface area contributed by atoms with E-state index in [-0.39, 0.29) is 11.4 Å². The van der Waals surface area contributed by atoms with Crippen LogP contribution < -0.4 is 5.56 Å². The van der Waals surface area contributed by atoms with Crippen molar-refractivity contribution >= 4 is 5.91 Å². The monoisotopic (exact) mass is 338 g/mol. The van der Waals surface area contributed by atoms with Gasteiger partial charge in [-0.05, 0) is 25.0 Å². The molecule has 126 valence electrons. The van der Waals surface area contributed by atoms with Gasteiger partial charge in [-0.2, -0.15) is 13.2 Å². The number of hydrogen-bond donors (Lipinski definition) is 1. The minimum Gasteiger partial charge on any atom is -0.329 e. The molecule has 9 heteroatoms. The van der Waals surface area contributed by atoms with Gasteiger partial charge in [0.2, 0.25) is 5.56 Å². The maximum absolute atomic E-state index is 12.8. The van der Waals surface area contributed by atoms with Crippen molar-refractivity contribution in [3.05, 3.63) is 58.0 Å². The van der Waals surface area contributed by atoms with Crippen molar-refractivity contribution in [2.45, 2.75) is 25.1 Å². The topological polar surface area (TPSA) is 79.0 Å². The Balaban J connectivity index is 1.91. The fourth-order valence-corrected chi connectivity index (χ4v) is 2.71. The van der Waals surface area contributed by atoms with Gasteiger partial charge in [0.1, 0.15) is 5.69 Å². The largest absolute Gasteiger partial charge is 0.433 e. The van der Waals surface area contributed by atoms with Gasteiger partial charge in [0.05, 0.1) is 6.04 Å². The lowest BCUT2D eigenvalue weighted by Gasteiger charge is -2.24. The number of H-pyrrole nitrogens is 1. The van der Waals surface area contributed by atoms with Crippen molar-refractivity contribution in [1.29, 1.82) is 0 Å². The highest BCUT2D eigenvalue weighted by Gasteiger charge is 2.36. The molecule has 1 atom stereocenters. The number of aromatic nitrogens is 3. The molecule has 1 aliphatic rings. The number of alkyl halides is 3. The Morgan fingerprint density at radius 3 is 2.83 bits per heavy atom. The van der Waals surface area contributed by atoms with Crippen LogP contribution in [0, 0.1) is 0 Å². The van der Waals surface area contributed by atoms with Crippen LogP contribution in [0.1, 0.15) is 40.8 Å². The van der Waals surface area contributed by atoms with E-state index in [1.54, 1.807) is 0 Å². The van der Waals surface area contributed by atoms with Gasteiger partial charge in [-0.1, -0.05) is 0 Å². The molecule has 1 aliphatic heterocycles. The Labute approximate surface area is 134 Å². The summed E-state index contributed by atoms with van der Waals surface area (Å²) in [6.45, 7) is 0.371. The number of aromatic amines is 1. The molecule has 2 aromatic rings. The molecule has 0 spiro atoms. The summed E-state index contributed by atoms with van der Waals surface area (Å²) in [6.07, 6.45) is -1.09. The molecule has 3 heterocycles. The molecular formula is C15H13F3N4O2. The molecule has 0 saturated carbocycles. The summed E-state index contributed by atoms with van der Waals surface area (Å²) >= 11 is 0. The summed E-state index contributed by atoms with van der Waals surface area (Å²) in [7, 11) is 0. The van der Waals surface area contributed by atoms with Gasteiger partial charge in [-0.3, -0.25) is 9.59 Å². The van der Waals surface area contributed by atoms with Crippen LogP contribution in [0.5, 0.6) is 0 Å². The lowest BCUT2D eigenvalue weighted by molar-refractivity contribution is -0.141. The quantitative estimate of drug-likeness (QED) is 0.910. The van der Waals surface area contributed by atoms with E-state index in [4.69, 9.17) is 0 Å². The summed E-state index contributed by atoms with van der Waals surface area (Å²) < 4.78 is 38.4. The van der Waals surface area contributed by atoms with Crippen molar-refractivity contribution in [3.63, 3.8) is 0 Å². The summed E-state index contributed by atoms with van der Waals surface area (Å²) in [5, 5.41) is 0. The Hall–Kier alpha value is -2.71. The molecule has 1 N–H and O–H groups in total. The van der Waals surface area contributed by atoms with Crippen LogP contribution in [0.25, 0.3) is 0 Å². The van der Waals surface area contributed by atoms with Gasteiger partial charge in [-0.25, -0.2) is 9.97 Å². The van der Waals surface area contributed by atoms with Crippen LogP contribution in [0.2, 0.25) is 0 Å². The zero-order chi connectivity index (χ0) is 17.3. The van der Waals surface area contributed by atoms with Crippen LogP contribution in [-0.4, -0.2) is 32.3 Å². The first kappa shape index (κ1) is 16.2. The summed E-state index contributed by atoms with van der Waals surface area (Å²) in [6, 6.07) is 2.76. The number of likely N-dealkylation sites (tertiary alicyclic amines) is 1. The van der Waals surface area contributed by atoms with E-state index in [9.17, 15) is 22.8 Å². The lowest BCUT2D eigenvalue weighted by atomic mass is 10.1. The number of pyridine rings is 1. The molecule has 1 fully saturated rings. The standard InChI is InChI=1S/C15H13F3N4O2/c16-15(17,18)11-4-6-20-13(21-11)10-2-1-7-22(10)14(24)9-3-5-19-12(23)8-9/h3-6,8,10H,1-2,7H2,(H,19,23). The van der Waals surface area contributed by atoms with Crippen LogP contribution in [0.3, 0.4) is 0 Å². The Morgan fingerprint density at radius 2 is 2.12 bits per heavy atom. The average molecular weight is 338 g/mol. The predicted octanol–water partition coefficient (Wildman–Crippen LogP) is 2.16. The molecule has 0 aliphatic carbocycles. The highest BCUT2D eigenvalue weighted by molar-refractivity contribution is 5.94. The Morgan fingerprint density at radius 1 is 1.33 bits per heavy atom. The summed E-state index contributed by atoms with van der Waals surface area (Å²) in [5.41, 5.74) is -1.28. The van der Waals surface area contributed by atoms with Crippen molar-refractivity contribution in [2.75, 3.05) is 6.54 Å². The third-order valence-electron chi connectivity index (χ3n) is 3.80. The third kappa shape index (κ3) is 3.15. The molecule has 6 nitrogen and oxygen atoms in total. The van der Waals surface area contributed by atoms with Crippen molar-refractivity contribution in [1.82, 2.24) is 19.9 Å². The van der Waals surface area contributed by atoms with Crippen molar-refractivity contribution in [2.24, 2.45) is 0 Å². The van der Waals surface area contributed by atoms with E-state index in [2.05, 4.69) is 15.0 Å². The van der Waals surface area contributed by atoms with Gasteiger partial charge in [-0.15, -0.1) is 0 Å². The lowest BCUT2D eigenvalue weighted by Crippen LogP contribution is -2.32. The number of carbonyl (C=O) groups is 1. The van der Waals surface area contributed by atoms with E-state index >= 15 is 0 Å². The Bertz CT molecular complexity index is 819. The SMILES string of the molecule is O=C(c1cc[nH]c(=O)c1)N1CCCC1c1nccc(C(F)(F)F)n1. The molecule has 1 amide bonds. The van der Waals surface area contributed by atoms with Crippen LogP contribution >= 0.6 is 0 Å². The molecule has 0 bridgehead atoms. The zero-order valence-corrected chi connectivity index (χ0v) is 12.4. The molecular weight excluding hydrogens is 325 g/mol. The van der Waals surface area contributed by atoms with Crippen molar-refractivity contribution < 1.29 is 18.0 Å². The van der Waals surface area contributed by atoms with Gasteiger partial charge >= 0.3 is 6.18 Å². The first-order valence-corrected chi connectivity index (χ1v) is 7.26. The minimum atomic E-state index is -4.57. The van der Waals surface area contributed by atoms with Crippen LogP contribution in [0.15, 0.2) is 35.4 Å². The normalized spacial score (nSPS) is 18.0. The highest BCUT2D eigenvalue weighted by Crippen LogP contribution is 2.33. The second-order valence-electron chi connectivity index (χ2n) is 5.40. The van der Waals surface area contributed by atoms with Gasteiger partial charge in [0, 0.05) is 30.6 Å². The smallest absolute Gasteiger partial charge is 0.329 e. The fraction of sp³-hybridized carbons (Fsp3) is 0.333. The maximum Gasteiger partial charge on any atom is 0.433 e. The number of rotatable bonds is 2. The number of halogens is 3. The average Bonchev–Trinajstić information content (AvgIpc) is 3.03. The third-order valence-corrected chi connectivity index (χ3v) is 3.80. The number of carbonyl (C=O) groups excluding carboxylic acids is 1. The van der Waals surface area contributed by atoms with Crippen LogP contribution in [0.4, 0.5) is 13.2 Å². The maximum atomic E-state index is 12.8.